The van der Waals surface area contributed by atoms with Gasteiger partial charge in [-0.2, -0.15) is 0 Å². The van der Waals surface area contributed by atoms with E-state index in [1.807, 2.05) is 43.3 Å². The molecular formula is C33H35BN2O5. The molecule has 0 spiro atoms. The molecule has 3 heterocycles. The lowest BCUT2D eigenvalue weighted by Crippen LogP contribution is -2.48. The fourth-order valence-electron chi connectivity index (χ4n) is 7.91. The fraction of sp³-hybridized carbons (Fsp3) is 0.394. The van der Waals surface area contributed by atoms with Gasteiger partial charge in [-0.05, 0) is 66.6 Å². The number of phenols is 1. The Morgan fingerprint density at radius 1 is 0.902 bits per heavy atom. The summed E-state index contributed by atoms with van der Waals surface area (Å²) in [7, 11) is -1.13. The molecule has 1 aliphatic carbocycles. The molecule has 210 valence electrons. The van der Waals surface area contributed by atoms with Crippen LogP contribution in [0.2, 0.25) is 0 Å². The number of imide groups is 1. The molecule has 7 nitrogen and oxygen atoms in total. The summed E-state index contributed by atoms with van der Waals surface area (Å²) in [4.78, 5) is 31.9. The molecule has 0 aromatic heterocycles. The highest BCUT2D eigenvalue weighted by Crippen LogP contribution is 2.52. The van der Waals surface area contributed by atoms with Gasteiger partial charge >= 0.3 is 7.12 Å². The van der Waals surface area contributed by atoms with Crippen molar-refractivity contribution < 1.29 is 24.4 Å². The van der Waals surface area contributed by atoms with Crippen molar-refractivity contribution in [2.45, 2.75) is 51.3 Å². The quantitative estimate of drug-likeness (QED) is 0.364. The van der Waals surface area contributed by atoms with Gasteiger partial charge in [0.25, 0.3) is 0 Å². The minimum Gasteiger partial charge on any atom is -0.507 e. The Bertz CT molecular complexity index is 1530. The zero-order chi connectivity index (χ0) is 28.2. The van der Waals surface area contributed by atoms with E-state index in [-0.39, 0.29) is 35.4 Å². The number of benzene rings is 3. The molecule has 3 aromatic carbocycles. The lowest BCUT2D eigenvalue weighted by atomic mass is 9.55. The van der Waals surface area contributed by atoms with Crippen molar-refractivity contribution >= 4 is 29.7 Å². The summed E-state index contributed by atoms with van der Waals surface area (Å²) in [5, 5.41) is 23.2. The van der Waals surface area contributed by atoms with Crippen LogP contribution in [0.15, 0.2) is 77.8 Å². The van der Waals surface area contributed by atoms with Crippen LogP contribution in [-0.2, 0) is 20.8 Å². The van der Waals surface area contributed by atoms with Crippen molar-refractivity contribution in [1.82, 2.24) is 9.80 Å². The number of piperidine rings is 1. The van der Waals surface area contributed by atoms with Gasteiger partial charge in [0.05, 0.1) is 17.9 Å². The van der Waals surface area contributed by atoms with E-state index < -0.39 is 19.1 Å². The number of hydrogen-bond acceptors (Lipinski definition) is 6. The molecule has 0 bridgehead atoms. The number of fused-ring (bicyclic) bond motifs is 4. The van der Waals surface area contributed by atoms with E-state index in [1.165, 1.54) is 5.56 Å². The SMILES string of the molecule is CC1=C2B(O)O[C@H](c3ccc(O)c4ccccc34)C[C@H]2[C@H]2C(=O)N(C3CCN(Cc4ccccc4)CC3)C(=O)[C@H]2C1. The van der Waals surface area contributed by atoms with Gasteiger partial charge < -0.3 is 14.8 Å². The maximum Gasteiger partial charge on any atom is 0.487 e. The standard InChI is InChI=1S/C33H35BN2O5/c1-20-17-27-30(33(39)36(32(27)38)22-13-15-35(16-14-22)19-21-7-3-2-4-8-21)26-18-29(41-34(40)31(20)26)25-11-12-28(37)24-10-6-5-9-23(24)25/h2-12,22,26-27,29-30,37,40H,13-19H2,1H3/t26-,27-,29-,30+/m0/s1. The van der Waals surface area contributed by atoms with E-state index in [1.54, 1.807) is 11.0 Å². The van der Waals surface area contributed by atoms with Gasteiger partial charge in [0.2, 0.25) is 11.8 Å². The maximum absolute atomic E-state index is 14.1. The molecule has 7 rings (SSSR count). The van der Waals surface area contributed by atoms with Crippen LogP contribution in [0.4, 0.5) is 0 Å². The lowest BCUT2D eigenvalue weighted by molar-refractivity contribution is -0.144. The Labute approximate surface area is 240 Å². The molecule has 4 aliphatic rings. The number of nitrogens with zero attached hydrogens (tertiary/aromatic N) is 2. The number of carbonyl (C=O) groups is 2. The molecule has 41 heavy (non-hydrogen) atoms. The number of likely N-dealkylation sites (tertiary alicyclic amines) is 2. The summed E-state index contributed by atoms with van der Waals surface area (Å²) in [6.45, 7) is 4.53. The Hall–Kier alpha value is -3.46. The normalized spacial score (nSPS) is 27.5. The van der Waals surface area contributed by atoms with Gasteiger partial charge in [0.1, 0.15) is 5.75 Å². The molecule has 3 fully saturated rings. The van der Waals surface area contributed by atoms with Gasteiger partial charge in [0.15, 0.2) is 0 Å². The third kappa shape index (κ3) is 4.49. The average molecular weight is 550 g/mol. The zero-order valence-electron chi connectivity index (χ0n) is 23.3. The van der Waals surface area contributed by atoms with Crippen LogP contribution in [-0.4, -0.2) is 58.0 Å². The lowest BCUT2D eigenvalue weighted by Gasteiger charge is -2.42. The summed E-state index contributed by atoms with van der Waals surface area (Å²) in [6.07, 6.45) is 2.08. The van der Waals surface area contributed by atoms with Crippen LogP contribution in [0, 0.1) is 17.8 Å². The first kappa shape index (κ1) is 26.4. The van der Waals surface area contributed by atoms with E-state index >= 15 is 0 Å². The Balaban J connectivity index is 1.13. The molecular weight excluding hydrogens is 515 g/mol. The van der Waals surface area contributed by atoms with Crippen molar-refractivity contribution in [3.8, 4) is 5.75 Å². The first-order valence-corrected chi connectivity index (χ1v) is 14.8. The summed E-state index contributed by atoms with van der Waals surface area (Å²) < 4.78 is 6.18. The predicted molar refractivity (Wildman–Crippen MR) is 156 cm³/mol. The van der Waals surface area contributed by atoms with Gasteiger partial charge in [-0.3, -0.25) is 19.4 Å². The van der Waals surface area contributed by atoms with Crippen molar-refractivity contribution in [1.29, 1.82) is 0 Å². The summed E-state index contributed by atoms with van der Waals surface area (Å²) >= 11 is 0. The highest BCUT2D eigenvalue weighted by molar-refractivity contribution is 6.53. The van der Waals surface area contributed by atoms with Crippen molar-refractivity contribution in [3.05, 3.63) is 88.9 Å². The molecule has 8 heteroatoms. The molecule has 3 saturated heterocycles. The predicted octanol–water partition coefficient (Wildman–Crippen LogP) is 4.63. The average Bonchev–Trinajstić information content (AvgIpc) is 3.23. The molecule has 0 unspecified atom stereocenters. The van der Waals surface area contributed by atoms with Crippen LogP contribution in [0.1, 0.15) is 49.8 Å². The van der Waals surface area contributed by atoms with Crippen LogP contribution in [0.25, 0.3) is 10.8 Å². The van der Waals surface area contributed by atoms with E-state index in [2.05, 4.69) is 29.2 Å². The highest BCUT2D eigenvalue weighted by Gasteiger charge is 2.58. The summed E-state index contributed by atoms with van der Waals surface area (Å²) in [6, 6.07) is 21.4. The van der Waals surface area contributed by atoms with Crippen LogP contribution in [0.5, 0.6) is 5.75 Å². The largest absolute Gasteiger partial charge is 0.507 e. The Kier molecular flexibility index (Phi) is 6.73. The molecule has 0 saturated carbocycles. The Morgan fingerprint density at radius 2 is 1.61 bits per heavy atom. The molecule has 3 aromatic rings. The van der Waals surface area contributed by atoms with Crippen molar-refractivity contribution in [2.75, 3.05) is 13.1 Å². The van der Waals surface area contributed by atoms with E-state index in [4.69, 9.17) is 4.65 Å². The van der Waals surface area contributed by atoms with Gasteiger partial charge in [0, 0.05) is 31.1 Å². The second kappa shape index (κ2) is 10.4. The monoisotopic (exact) mass is 550 g/mol. The summed E-state index contributed by atoms with van der Waals surface area (Å²) in [5.74, 6) is -1.08. The van der Waals surface area contributed by atoms with E-state index in [9.17, 15) is 19.7 Å². The second-order valence-corrected chi connectivity index (χ2v) is 12.2. The van der Waals surface area contributed by atoms with Gasteiger partial charge in [-0.15, -0.1) is 0 Å². The first-order chi connectivity index (χ1) is 19.9. The number of rotatable bonds is 4. The molecule has 4 atom stereocenters. The minimum atomic E-state index is -1.13. The smallest absolute Gasteiger partial charge is 0.487 e. The molecule has 2 amide bonds. The van der Waals surface area contributed by atoms with Crippen molar-refractivity contribution in [2.24, 2.45) is 17.8 Å². The van der Waals surface area contributed by atoms with E-state index in [0.29, 0.717) is 12.8 Å². The molecule has 0 radical (unpaired) electrons. The third-order valence-electron chi connectivity index (χ3n) is 9.84. The third-order valence-corrected chi connectivity index (χ3v) is 9.84. The Morgan fingerprint density at radius 3 is 2.37 bits per heavy atom. The number of carbonyl (C=O) groups excluding carboxylic acids is 2. The topological polar surface area (TPSA) is 90.3 Å². The first-order valence-electron chi connectivity index (χ1n) is 14.8. The van der Waals surface area contributed by atoms with Crippen LogP contribution >= 0.6 is 0 Å². The number of phenolic OH excluding ortho intramolecular Hbond substituents is 1. The number of allylic oxidation sites excluding steroid dienone is 2. The molecule has 3 aliphatic heterocycles. The van der Waals surface area contributed by atoms with E-state index in [0.717, 1.165) is 59.9 Å². The highest BCUT2D eigenvalue weighted by atomic mass is 16.5. The van der Waals surface area contributed by atoms with Gasteiger partial charge in [-0.1, -0.05) is 66.2 Å². The van der Waals surface area contributed by atoms with Crippen LogP contribution in [0.3, 0.4) is 0 Å². The van der Waals surface area contributed by atoms with Gasteiger partial charge in [-0.25, -0.2) is 0 Å². The number of aromatic hydroxyl groups is 1. The molecule has 2 N–H and O–H groups in total. The minimum absolute atomic E-state index is 0.0486. The second-order valence-electron chi connectivity index (χ2n) is 12.2. The zero-order valence-corrected chi connectivity index (χ0v) is 23.3. The van der Waals surface area contributed by atoms with Crippen LogP contribution < -0.4 is 0 Å². The number of hydrogen-bond donors (Lipinski definition) is 2. The fourth-order valence-corrected chi connectivity index (χ4v) is 7.91. The van der Waals surface area contributed by atoms with Crippen molar-refractivity contribution in [3.63, 3.8) is 0 Å². The number of amides is 2. The maximum atomic E-state index is 14.1. The summed E-state index contributed by atoms with van der Waals surface area (Å²) in [5.41, 5.74) is 3.87.